The summed E-state index contributed by atoms with van der Waals surface area (Å²) < 4.78 is 5.50. The summed E-state index contributed by atoms with van der Waals surface area (Å²) >= 11 is 0. The second-order valence-corrected chi connectivity index (χ2v) is 6.86. The minimum Gasteiger partial charge on any atom is -0.493 e. The number of benzene rings is 1. The van der Waals surface area contributed by atoms with Gasteiger partial charge < -0.3 is 20.3 Å². The Labute approximate surface area is 162 Å². The van der Waals surface area contributed by atoms with Crippen LogP contribution in [0.2, 0.25) is 0 Å². The Bertz CT molecular complexity index is 600. The Morgan fingerprint density at radius 1 is 1.22 bits per heavy atom. The third-order valence-corrected chi connectivity index (χ3v) is 4.82. The van der Waals surface area contributed by atoms with Crippen LogP contribution in [-0.2, 0) is 4.79 Å². The van der Waals surface area contributed by atoms with E-state index in [1.165, 1.54) is 0 Å². The van der Waals surface area contributed by atoms with E-state index < -0.39 is 0 Å². The number of hydrogen-bond donors (Lipinski definition) is 2. The summed E-state index contributed by atoms with van der Waals surface area (Å²) in [5, 5.41) is 6.25. The van der Waals surface area contributed by atoms with Gasteiger partial charge in [0.2, 0.25) is 5.91 Å². The first-order valence-corrected chi connectivity index (χ1v) is 10.2. The van der Waals surface area contributed by atoms with Crippen LogP contribution in [0.25, 0.3) is 0 Å². The van der Waals surface area contributed by atoms with Crippen molar-refractivity contribution >= 4 is 11.8 Å². The smallest absolute Gasteiger partial charge is 0.255 e. The number of ether oxygens (including phenoxy) is 1. The van der Waals surface area contributed by atoms with Crippen molar-refractivity contribution < 1.29 is 14.3 Å². The van der Waals surface area contributed by atoms with Crippen LogP contribution in [0.15, 0.2) is 24.3 Å². The molecule has 2 rings (SSSR count). The topological polar surface area (TPSA) is 70.7 Å². The van der Waals surface area contributed by atoms with Crippen molar-refractivity contribution in [2.24, 2.45) is 0 Å². The Balaban J connectivity index is 1.79. The minimum absolute atomic E-state index is 0.157. The summed E-state index contributed by atoms with van der Waals surface area (Å²) in [6, 6.07) is 7.58. The molecule has 6 nitrogen and oxygen atoms in total. The molecule has 1 fully saturated rings. The zero-order chi connectivity index (χ0) is 19.5. The molecule has 2 amide bonds. The van der Waals surface area contributed by atoms with E-state index in [-0.39, 0.29) is 11.8 Å². The second-order valence-electron chi connectivity index (χ2n) is 6.86. The summed E-state index contributed by atoms with van der Waals surface area (Å²) in [5.41, 5.74) is 0.535. The standard InChI is InChI=1S/C21H33N3O3/c1-3-16-24(17-11-14-22-15-12-17)20(25)10-7-13-23-21(26)18-8-5-6-9-19(18)27-4-2/h5-6,8-9,17,22H,3-4,7,10-16H2,1-2H3,(H,23,26). The van der Waals surface area contributed by atoms with E-state index in [2.05, 4.69) is 17.6 Å². The van der Waals surface area contributed by atoms with Crippen LogP contribution >= 0.6 is 0 Å². The fraction of sp³-hybridized carbons (Fsp3) is 0.619. The van der Waals surface area contributed by atoms with E-state index in [9.17, 15) is 9.59 Å². The fourth-order valence-corrected chi connectivity index (χ4v) is 3.49. The number of carbonyl (C=O) groups is 2. The van der Waals surface area contributed by atoms with E-state index in [0.717, 1.165) is 38.9 Å². The van der Waals surface area contributed by atoms with Gasteiger partial charge in [-0.15, -0.1) is 0 Å². The average Bonchev–Trinajstić information content (AvgIpc) is 2.70. The van der Waals surface area contributed by atoms with Gasteiger partial charge in [-0.05, 0) is 57.8 Å². The van der Waals surface area contributed by atoms with Crippen molar-refractivity contribution in [2.75, 3.05) is 32.8 Å². The SMILES string of the molecule is CCCN(C(=O)CCCNC(=O)c1ccccc1OCC)C1CCNCC1. The number of rotatable bonds is 10. The molecule has 1 aliphatic rings. The maximum atomic E-state index is 12.7. The van der Waals surface area contributed by atoms with Crippen molar-refractivity contribution in [1.29, 1.82) is 0 Å². The van der Waals surface area contributed by atoms with Gasteiger partial charge in [0.15, 0.2) is 0 Å². The fourth-order valence-electron chi connectivity index (χ4n) is 3.49. The maximum Gasteiger partial charge on any atom is 0.255 e. The molecule has 2 N–H and O–H groups in total. The molecule has 27 heavy (non-hydrogen) atoms. The van der Waals surface area contributed by atoms with Crippen LogP contribution in [0.1, 0.15) is 56.3 Å². The summed E-state index contributed by atoms with van der Waals surface area (Å²) in [5.74, 6) is 0.636. The lowest BCUT2D eigenvalue weighted by Crippen LogP contribution is -2.46. The lowest BCUT2D eigenvalue weighted by atomic mass is 10.0. The van der Waals surface area contributed by atoms with Crippen LogP contribution < -0.4 is 15.4 Å². The van der Waals surface area contributed by atoms with E-state index in [0.29, 0.717) is 43.3 Å². The molecule has 0 radical (unpaired) electrons. The van der Waals surface area contributed by atoms with Gasteiger partial charge in [-0.3, -0.25) is 9.59 Å². The van der Waals surface area contributed by atoms with Gasteiger partial charge in [0.05, 0.1) is 12.2 Å². The molecule has 1 heterocycles. The van der Waals surface area contributed by atoms with Crippen molar-refractivity contribution in [1.82, 2.24) is 15.5 Å². The lowest BCUT2D eigenvalue weighted by molar-refractivity contribution is -0.134. The zero-order valence-corrected chi connectivity index (χ0v) is 16.6. The second kappa shape index (κ2) is 11.6. The highest BCUT2D eigenvalue weighted by Crippen LogP contribution is 2.18. The summed E-state index contributed by atoms with van der Waals surface area (Å²) in [6.45, 7) is 7.78. The molecule has 6 heteroatoms. The number of piperidine rings is 1. The Morgan fingerprint density at radius 3 is 2.67 bits per heavy atom. The quantitative estimate of drug-likeness (QED) is 0.617. The van der Waals surface area contributed by atoms with Crippen LogP contribution in [0, 0.1) is 0 Å². The minimum atomic E-state index is -0.157. The molecule has 0 aliphatic carbocycles. The Morgan fingerprint density at radius 2 is 1.96 bits per heavy atom. The van der Waals surface area contributed by atoms with Gasteiger partial charge in [-0.25, -0.2) is 0 Å². The Hall–Kier alpha value is -2.08. The summed E-state index contributed by atoms with van der Waals surface area (Å²) in [6.07, 6.45) is 4.14. The molecule has 0 bridgehead atoms. The monoisotopic (exact) mass is 375 g/mol. The number of hydrogen-bond acceptors (Lipinski definition) is 4. The molecule has 1 saturated heterocycles. The van der Waals surface area contributed by atoms with Gasteiger partial charge in [0.25, 0.3) is 5.91 Å². The molecule has 0 spiro atoms. The van der Waals surface area contributed by atoms with Crippen LogP contribution in [0.4, 0.5) is 0 Å². The highest BCUT2D eigenvalue weighted by molar-refractivity contribution is 5.96. The molecule has 0 saturated carbocycles. The third kappa shape index (κ3) is 6.54. The largest absolute Gasteiger partial charge is 0.493 e. The van der Waals surface area contributed by atoms with Gasteiger partial charge in [-0.2, -0.15) is 0 Å². The van der Waals surface area contributed by atoms with Crippen molar-refractivity contribution in [2.45, 2.75) is 52.0 Å². The molecule has 0 aromatic heterocycles. The molecule has 150 valence electrons. The van der Waals surface area contributed by atoms with Gasteiger partial charge in [0, 0.05) is 25.6 Å². The molecule has 1 aliphatic heterocycles. The average molecular weight is 376 g/mol. The molecular formula is C21H33N3O3. The molecule has 1 aromatic carbocycles. The third-order valence-electron chi connectivity index (χ3n) is 4.82. The first-order chi connectivity index (χ1) is 13.2. The van der Waals surface area contributed by atoms with Gasteiger partial charge in [-0.1, -0.05) is 19.1 Å². The Kier molecular flexibility index (Phi) is 9.11. The number of nitrogens with zero attached hydrogens (tertiary/aromatic N) is 1. The van der Waals surface area contributed by atoms with E-state index in [1.807, 2.05) is 24.0 Å². The van der Waals surface area contributed by atoms with Crippen molar-refractivity contribution in [3.63, 3.8) is 0 Å². The van der Waals surface area contributed by atoms with Crippen LogP contribution in [0.3, 0.4) is 0 Å². The van der Waals surface area contributed by atoms with Crippen molar-refractivity contribution in [3.05, 3.63) is 29.8 Å². The number of amides is 2. The normalized spacial score (nSPS) is 14.6. The first kappa shape index (κ1) is 21.2. The first-order valence-electron chi connectivity index (χ1n) is 10.2. The van der Waals surface area contributed by atoms with Crippen molar-refractivity contribution in [3.8, 4) is 5.75 Å². The number of carbonyl (C=O) groups excluding carboxylic acids is 2. The summed E-state index contributed by atoms with van der Waals surface area (Å²) in [4.78, 5) is 27.1. The number of nitrogens with one attached hydrogen (secondary N) is 2. The predicted molar refractivity (Wildman–Crippen MR) is 107 cm³/mol. The van der Waals surface area contributed by atoms with Crippen LogP contribution in [-0.4, -0.2) is 55.5 Å². The number of para-hydroxylation sites is 1. The van der Waals surface area contributed by atoms with Gasteiger partial charge in [0.1, 0.15) is 5.75 Å². The molecular weight excluding hydrogens is 342 g/mol. The van der Waals surface area contributed by atoms with E-state index in [4.69, 9.17) is 4.74 Å². The zero-order valence-electron chi connectivity index (χ0n) is 16.6. The predicted octanol–water partition coefficient (Wildman–Crippen LogP) is 2.59. The highest BCUT2D eigenvalue weighted by atomic mass is 16.5. The van der Waals surface area contributed by atoms with Crippen LogP contribution in [0.5, 0.6) is 5.75 Å². The summed E-state index contributed by atoms with van der Waals surface area (Å²) in [7, 11) is 0. The molecule has 0 atom stereocenters. The van der Waals surface area contributed by atoms with E-state index >= 15 is 0 Å². The van der Waals surface area contributed by atoms with Gasteiger partial charge >= 0.3 is 0 Å². The molecule has 0 unspecified atom stereocenters. The lowest BCUT2D eigenvalue weighted by Gasteiger charge is -2.34. The molecule has 1 aromatic rings. The highest BCUT2D eigenvalue weighted by Gasteiger charge is 2.24. The van der Waals surface area contributed by atoms with E-state index in [1.54, 1.807) is 12.1 Å². The maximum absolute atomic E-state index is 12.7.